The number of aromatic hydroxyl groups is 1. The fraction of sp³-hybridized carbons (Fsp3) is 0.0556. The Balaban J connectivity index is 2.00. The fourth-order valence-electron chi connectivity index (χ4n) is 2.15. The molecule has 6 nitrogen and oxygen atoms in total. The highest BCUT2D eigenvalue weighted by molar-refractivity contribution is 5.92. The lowest BCUT2D eigenvalue weighted by molar-refractivity contribution is 0.100. The van der Waals surface area contributed by atoms with Crippen LogP contribution < -0.4 is 10.2 Å². The molecule has 0 bridgehead atoms. The van der Waals surface area contributed by atoms with Crippen LogP contribution in [0.4, 0.5) is 0 Å². The van der Waals surface area contributed by atoms with Crippen molar-refractivity contribution in [3.8, 4) is 22.9 Å². The van der Waals surface area contributed by atoms with E-state index in [1.807, 2.05) is 30.3 Å². The molecule has 6 heteroatoms. The van der Waals surface area contributed by atoms with Crippen molar-refractivity contribution in [2.45, 2.75) is 6.92 Å². The van der Waals surface area contributed by atoms with Gasteiger partial charge in [-0.2, -0.15) is 5.10 Å². The van der Waals surface area contributed by atoms with E-state index in [1.165, 1.54) is 11.6 Å². The van der Waals surface area contributed by atoms with Gasteiger partial charge in [0.05, 0.1) is 11.9 Å². The maximum Gasteiger partial charge on any atom is 0.252 e. The lowest BCUT2D eigenvalue weighted by Crippen LogP contribution is -2.19. The number of para-hydroxylation sites is 1. The minimum Gasteiger partial charge on any atom is -0.503 e. The Bertz CT molecular complexity index is 949. The van der Waals surface area contributed by atoms with E-state index in [9.17, 15) is 14.7 Å². The van der Waals surface area contributed by atoms with Crippen LogP contribution in [0.25, 0.3) is 5.69 Å². The van der Waals surface area contributed by atoms with E-state index in [0.717, 1.165) is 6.20 Å². The largest absolute Gasteiger partial charge is 0.503 e. The Morgan fingerprint density at radius 3 is 2.50 bits per heavy atom. The Morgan fingerprint density at radius 2 is 1.79 bits per heavy atom. The van der Waals surface area contributed by atoms with Gasteiger partial charge in [-0.15, -0.1) is 0 Å². The molecule has 24 heavy (non-hydrogen) atoms. The van der Waals surface area contributed by atoms with E-state index in [4.69, 9.17) is 4.74 Å². The zero-order valence-corrected chi connectivity index (χ0v) is 12.8. The molecule has 1 N–H and O–H groups in total. The molecular formula is C18H14N2O4. The number of carbonyl (C=O) groups excluding carboxylic acids is 1. The summed E-state index contributed by atoms with van der Waals surface area (Å²) in [7, 11) is 0. The van der Waals surface area contributed by atoms with Gasteiger partial charge in [0.15, 0.2) is 17.2 Å². The van der Waals surface area contributed by atoms with Crippen molar-refractivity contribution in [2.75, 3.05) is 0 Å². The smallest absolute Gasteiger partial charge is 0.252 e. The standard InChI is InChI=1S/C18H14N2O4/c1-12(21)17-18(23)16(22)11-20(19-17)13-6-5-9-15(10-13)24-14-7-3-2-4-8-14/h2-11,22H,1H3. The van der Waals surface area contributed by atoms with Crippen LogP contribution in [-0.4, -0.2) is 20.7 Å². The number of benzene rings is 2. The molecule has 0 saturated heterocycles. The number of ether oxygens (including phenoxy) is 1. The minimum atomic E-state index is -0.782. The second kappa shape index (κ2) is 6.37. The molecule has 3 rings (SSSR count). The molecule has 2 aromatic carbocycles. The maximum absolute atomic E-state index is 11.7. The Labute approximate surface area is 137 Å². The Morgan fingerprint density at radius 1 is 1.08 bits per heavy atom. The SMILES string of the molecule is CC(=O)c1nn(-c2cccc(Oc3ccccc3)c2)cc(O)c1=O. The quantitative estimate of drug-likeness (QED) is 0.747. The highest BCUT2D eigenvalue weighted by Crippen LogP contribution is 2.23. The maximum atomic E-state index is 11.7. The highest BCUT2D eigenvalue weighted by atomic mass is 16.5. The Hall–Kier alpha value is -3.41. The van der Waals surface area contributed by atoms with Crippen LogP contribution in [0, 0.1) is 0 Å². The van der Waals surface area contributed by atoms with Crippen molar-refractivity contribution in [1.29, 1.82) is 0 Å². The van der Waals surface area contributed by atoms with Crippen molar-refractivity contribution < 1.29 is 14.6 Å². The second-order valence-corrected chi connectivity index (χ2v) is 5.11. The molecule has 0 aliphatic heterocycles. The summed E-state index contributed by atoms with van der Waals surface area (Å²) in [4.78, 5) is 23.2. The lowest BCUT2D eigenvalue weighted by Gasteiger charge is -2.10. The first-order valence-corrected chi connectivity index (χ1v) is 7.22. The molecule has 0 atom stereocenters. The first-order chi connectivity index (χ1) is 11.5. The number of carbonyl (C=O) groups is 1. The van der Waals surface area contributed by atoms with Gasteiger partial charge in [0.25, 0.3) is 5.43 Å². The number of rotatable bonds is 4. The van der Waals surface area contributed by atoms with Gasteiger partial charge in [0.2, 0.25) is 0 Å². The molecule has 1 aromatic heterocycles. The van der Waals surface area contributed by atoms with E-state index in [1.54, 1.807) is 24.3 Å². The first-order valence-electron chi connectivity index (χ1n) is 7.22. The van der Waals surface area contributed by atoms with Crippen LogP contribution in [0.2, 0.25) is 0 Å². The third-order valence-corrected chi connectivity index (χ3v) is 3.29. The molecule has 0 radical (unpaired) electrons. The van der Waals surface area contributed by atoms with Crippen molar-refractivity contribution in [1.82, 2.24) is 9.78 Å². The van der Waals surface area contributed by atoms with Crippen molar-refractivity contribution in [3.63, 3.8) is 0 Å². The summed E-state index contributed by atoms with van der Waals surface area (Å²) in [6.45, 7) is 1.22. The summed E-state index contributed by atoms with van der Waals surface area (Å²) in [5.74, 6) is 0.184. The number of Topliss-reactive ketones (excluding diaryl/α,β-unsaturated/α-hetero) is 1. The van der Waals surface area contributed by atoms with E-state index >= 15 is 0 Å². The van der Waals surface area contributed by atoms with Gasteiger partial charge in [0, 0.05) is 13.0 Å². The van der Waals surface area contributed by atoms with Crippen LogP contribution in [0.5, 0.6) is 17.2 Å². The van der Waals surface area contributed by atoms with Gasteiger partial charge in [-0.25, -0.2) is 4.68 Å². The summed E-state index contributed by atoms with van der Waals surface area (Å²) in [5, 5.41) is 13.7. The van der Waals surface area contributed by atoms with Crippen molar-refractivity contribution in [2.24, 2.45) is 0 Å². The summed E-state index contributed by atoms with van der Waals surface area (Å²) < 4.78 is 7.01. The number of nitrogens with zero attached hydrogens (tertiary/aromatic N) is 2. The zero-order valence-electron chi connectivity index (χ0n) is 12.8. The van der Waals surface area contributed by atoms with Crippen LogP contribution in [0.15, 0.2) is 65.6 Å². The Kier molecular flexibility index (Phi) is 4.11. The first kappa shape index (κ1) is 15.5. The molecule has 0 spiro atoms. The predicted molar refractivity (Wildman–Crippen MR) is 88.0 cm³/mol. The molecule has 0 aliphatic carbocycles. The van der Waals surface area contributed by atoms with Crippen LogP contribution in [0.3, 0.4) is 0 Å². The molecule has 0 unspecified atom stereocenters. The topological polar surface area (TPSA) is 81.4 Å². The van der Waals surface area contributed by atoms with Gasteiger partial charge in [-0.3, -0.25) is 9.59 Å². The number of aromatic nitrogens is 2. The van der Waals surface area contributed by atoms with E-state index in [-0.39, 0.29) is 5.69 Å². The van der Waals surface area contributed by atoms with E-state index in [0.29, 0.717) is 17.2 Å². The highest BCUT2D eigenvalue weighted by Gasteiger charge is 2.13. The van der Waals surface area contributed by atoms with Gasteiger partial charge in [0.1, 0.15) is 11.5 Å². The van der Waals surface area contributed by atoms with E-state index < -0.39 is 17.0 Å². The summed E-state index contributed by atoms with van der Waals surface area (Å²) in [6, 6.07) is 16.2. The summed E-state index contributed by atoms with van der Waals surface area (Å²) >= 11 is 0. The second-order valence-electron chi connectivity index (χ2n) is 5.11. The molecule has 0 amide bonds. The molecule has 0 aliphatic rings. The van der Waals surface area contributed by atoms with Gasteiger partial charge in [-0.1, -0.05) is 24.3 Å². The van der Waals surface area contributed by atoms with Crippen LogP contribution in [0.1, 0.15) is 17.4 Å². The van der Waals surface area contributed by atoms with Gasteiger partial charge >= 0.3 is 0 Å². The average Bonchev–Trinajstić information content (AvgIpc) is 2.58. The third-order valence-electron chi connectivity index (χ3n) is 3.29. The summed E-state index contributed by atoms with van der Waals surface area (Å²) in [6.07, 6.45) is 1.16. The molecular weight excluding hydrogens is 308 g/mol. The third kappa shape index (κ3) is 3.17. The number of hydrogen-bond donors (Lipinski definition) is 1. The molecule has 3 aromatic rings. The summed E-state index contributed by atoms with van der Waals surface area (Å²) in [5.41, 5.74) is -0.555. The van der Waals surface area contributed by atoms with Crippen LogP contribution >= 0.6 is 0 Å². The lowest BCUT2D eigenvalue weighted by atomic mass is 10.2. The average molecular weight is 322 g/mol. The minimum absolute atomic E-state index is 0.315. The van der Waals surface area contributed by atoms with Crippen molar-refractivity contribution >= 4 is 5.78 Å². The number of hydrogen-bond acceptors (Lipinski definition) is 5. The fourth-order valence-corrected chi connectivity index (χ4v) is 2.15. The number of ketones is 1. The molecule has 1 heterocycles. The normalized spacial score (nSPS) is 10.4. The molecule has 0 fully saturated rings. The predicted octanol–water partition coefficient (Wildman–Crippen LogP) is 2.93. The van der Waals surface area contributed by atoms with E-state index in [2.05, 4.69) is 5.10 Å². The van der Waals surface area contributed by atoms with Gasteiger partial charge in [-0.05, 0) is 24.3 Å². The zero-order chi connectivity index (χ0) is 17.1. The monoisotopic (exact) mass is 322 g/mol. The van der Waals surface area contributed by atoms with Crippen LogP contribution in [-0.2, 0) is 0 Å². The molecule has 0 saturated carbocycles. The van der Waals surface area contributed by atoms with Gasteiger partial charge < -0.3 is 9.84 Å². The molecule has 120 valence electrons. The van der Waals surface area contributed by atoms with Crippen molar-refractivity contribution in [3.05, 3.63) is 76.7 Å².